The fraction of sp³-hybridized carbons (Fsp3) is 0.211. The highest BCUT2D eigenvalue weighted by atomic mass is 35.5. The Morgan fingerprint density at radius 3 is 2.44 bits per heavy atom. The van der Waals surface area contributed by atoms with Crippen LogP contribution in [-0.4, -0.2) is 39.5 Å². The highest BCUT2D eigenvalue weighted by Gasteiger charge is 2.26. The van der Waals surface area contributed by atoms with Crippen molar-refractivity contribution in [3.05, 3.63) is 71.3 Å². The van der Waals surface area contributed by atoms with Gasteiger partial charge < -0.3 is 9.47 Å². The van der Waals surface area contributed by atoms with Crippen molar-refractivity contribution < 1.29 is 22.7 Å². The molecule has 144 valence electrons. The van der Waals surface area contributed by atoms with E-state index in [0.717, 1.165) is 5.56 Å². The smallest absolute Gasteiger partial charge is 0.338 e. The first-order chi connectivity index (χ1) is 12.8. The lowest BCUT2D eigenvalue weighted by Gasteiger charge is -2.19. The lowest BCUT2D eigenvalue weighted by Crippen LogP contribution is -2.27. The Morgan fingerprint density at radius 2 is 1.85 bits per heavy atom. The van der Waals surface area contributed by atoms with Crippen LogP contribution in [-0.2, 0) is 21.3 Å². The Kier molecular flexibility index (Phi) is 7.01. The van der Waals surface area contributed by atoms with E-state index in [4.69, 9.17) is 21.1 Å². The molecule has 2 rings (SSSR count). The number of esters is 1. The largest absolute Gasteiger partial charge is 0.495 e. The van der Waals surface area contributed by atoms with Gasteiger partial charge in [-0.05, 0) is 23.8 Å². The van der Waals surface area contributed by atoms with Gasteiger partial charge in [-0.3, -0.25) is 0 Å². The van der Waals surface area contributed by atoms with Gasteiger partial charge in [0.05, 0.1) is 12.7 Å². The lowest BCUT2D eigenvalue weighted by atomic mass is 10.2. The molecule has 0 heterocycles. The maximum Gasteiger partial charge on any atom is 0.338 e. The fourth-order valence-corrected chi connectivity index (χ4v) is 3.72. The average Bonchev–Trinajstić information content (AvgIpc) is 2.66. The predicted octanol–water partition coefficient (Wildman–Crippen LogP) is 3.43. The third-order valence-corrected chi connectivity index (χ3v) is 5.63. The zero-order valence-corrected chi connectivity index (χ0v) is 16.6. The van der Waals surface area contributed by atoms with Crippen LogP contribution in [0, 0.1) is 0 Å². The molecule has 0 fully saturated rings. The monoisotopic (exact) mass is 409 g/mol. The van der Waals surface area contributed by atoms with Crippen molar-refractivity contribution in [1.82, 2.24) is 4.31 Å². The molecule has 2 aromatic rings. The summed E-state index contributed by atoms with van der Waals surface area (Å²) in [6, 6.07) is 13.2. The minimum absolute atomic E-state index is 0.0698. The molecular weight excluding hydrogens is 390 g/mol. The maximum absolute atomic E-state index is 13.0. The Hall–Kier alpha value is -2.35. The minimum Gasteiger partial charge on any atom is -0.495 e. The van der Waals surface area contributed by atoms with Crippen LogP contribution in [0.3, 0.4) is 0 Å². The fourth-order valence-electron chi connectivity index (χ4n) is 2.33. The molecule has 27 heavy (non-hydrogen) atoms. The number of halogens is 1. The molecule has 0 radical (unpaired) electrons. The van der Waals surface area contributed by atoms with Crippen LogP contribution in [0.2, 0.25) is 0 Å². The number of ether oxygens (including phenoxy) is 2. The summed E-state index contributed by atoms with van der Waals surface area (Å²) in [5.74, 6) is -0.574. The molecule has 2 aromatic carbocycles. The van der Waals surface area contributed by atoms with Gasteiger partial charge in [-0.15, -0.1) is 0 Å². The zero-order chi connectivity index (χ0) is 20.0. The maximum atomic E-state index is 13.0. The van der Waals surface area contributed by atoms with Gasteiger partial charge in [-0.1, -0.05) is 48.5 Å². The van der Waals surface area contributed by atoms with Gasteiger partial charge >= 0.3 is 5.97 Å². The summed E-state index contributed by atoms with van der Waals surface area (Å²) in [5, 5.41) is 0.160. The first kappa shape index (κ1) is 21.0. The summed E-state index contributed by atoms with van der Waals surface area (Å²) in [5.41, 5.74) is 0.902. The van der Waals surface area contributed by atoms with Crippen molar-refractivity contribution in [2.75, 3.05) is 20.8 Å². The third kappa shape index (κ3) is 5.32. The molecule has 0 saturated carbocycles. The topological polar surface area (TPSA) is 72.9 Å². The van der Waals surface area contributed by atoms with E-state index in [0.29, 0.717) is 0 Å². The summed E-state index contributed by atoms with van der Waals surface area (Å²) < 4.78 is 37.4. The van der Waals surface area contributed by atoms with Gasteiger partial charge in [0, 0.05) is 18.6 Å². The Morgan fingerprint density at radius 1 is 1.19 bits per heavy atom. The predicted molar refractivity (Wildman–Crippen MR) is 103 cm³/mol. The van der Waals surface area contributed by atoms with Crippen LogP contribution in [0.15, 0.2) is 65.0 Å². The Bertz CT molecular complexity index is 928. The number of hydrogen-bond acceptors (Lipinski definition) is 5. The summed E-state index contributed by atoms with van der Waals surface area (Å²) in [4.78, 5) is 12.0. The SMILES string of the molecule is C=C(Cl)COC(=O)c1ccc(OC)c(S(=O)(=O)N(C)Cc2ccccc2)c1. The van der Waals surface area contributed by atoms with Crippen LogP contribution < -0.4 is 4.74 Å². The van der Waals surface area contributed by atoms with Crippen LogP contribution in [0.25, 0.3) is 0 Å². The molecule has 0 aliphatic rings. The van der Waals surface area contributed by atoms with Gasteiger partial charge in [0.15, 0.2) is 0 Å². The molecule has 0 aliphatic carbocycles. The first-order valence-electron chi connectivity index (χ1n) is 7.94. The number of carbonyl (C=O) groups is 1. The first-order valence-corrected chi connectivity index (χ1v) is 9.76. The quantitative estimate of drug-likeness (QED) is 0.624. The summed E-state index contributed by atoms with van der Waals surface area (Å²) >= 11 is 5.59. The molecular formula is C19H20ClNO5S. The summed E-state index contributed by atoms with van der Waals surface area (Å²) in [7, 11) is -1.09. The molecule has 0 aliphatic heterocycles. The molecule has 0 aromatic heterocycles. The second-order valence-electron chi connectivity index (χ2n) is 5.71. The van der Waals surface area contributed by atoms with Crippen LogP contribution in [0.5, 0.6) is 5.75 Å². The number of nitrogens with zero attached hydrogens (tertiary/aromatic N) is 1. The van der Waals surface area contributed by atoms with E-state index in [1.54, 1.807) is 0 Å². The normalized spacial score (nSPS) is 11.3. The van der Waals surface area contributed by atoms with E-state index in [9.17, 15) is 13.2 Å². The van der Waals surface area contributed by atoms with Crippen molar-refractivity contribution >= 4 is 27.6 Å². The third-order valence-electron chi connectivity index (χ3n) is 3.70. The number of hydrogen-bond donors (Lipinski definition) is 0. The standard InChI is InChI=1S/C19H20ClNO5S/c1-14(20)13-26-19(22)16-9-10-17(25-3)18(11-16)27(23,24)21(2)12-15-7-5-4-6-8-15/h4-11H,1,12-13H2,2-3H3. The van der Waals surface area contributed by atoms with Gasteiger partial charge in [-0.2, -0.15) is 4.31 Å². The number of carbonyl (C=O) groups excluding carboxylic acids is 1. The van der Waals surface area contributed by atoms with E-state index in [2.05, 4.69) is 6.58 Å². The molecule has 6 nitrogen and oxygen atoms in total. The number of rotatable bonds is 8. The van der Waals surface area contributed by atoms with E-state index in [1.807, 2.05) is 30.3 Å². The summed E-state index contributed by atoms with van der Waals surface area (Å²) in [6.07, 6.45) is 0. The van der Waals surface area contributed by atoms with Gasteiger partial charge in [0.1, 0.15) is 17.3 Å². The van der Waals surface area contributed by atoms with Crippen LogP contribution in [0.1, 0.15) is 15.9 Å². The zero-order valence-electron chi connectivity index (χ0n) is 15.0. The van der Waals surface area contributed by atoms with Gasteiger partial charge in [0.25, 0.3) is 0 Å². The molecule has 8 heteroatoms. The number of benzene rings is 2. The Labute approximate surface area is 164 Å². The van der Waals surface area contributed by atoms with E-state index in [-0.39, 0.29) is 34.4 Å². The molecule has 0 amide bonds. The molecule has 0 saturated heterocycles. The molecule has 0 spiro atoms. The van der Waals surface area contributed by atoms with E-state index >= 15 is 0 Å². The highest BCUT2D eigenvalue weighted by molar-refractivity contribution is 7.89. The lowest BCUT2D eigenvalue weighted by molar-refractivity contribution is 0.0546. The number of sulfonamides is 1. The average molecular weight is 410 g/mol. The van der Waals surface area contributed by atoms with Crippen molar-refractivity contribution in [2.24, 2.45) is 0 Å². The van der Waals surface area contributed by atoms with Gasteiger partial charge in [0.2, 0.25) is 10.0 Å². The number of methoxy groups -OCH3 is 1. The summed E-state index contributed by atoms with van der Waals surface area (Å²) in [6.45, 7) is 3.44. The molecule has 0 atom stereocenters. The van der Waals surface area contributed by atoms with Crippen molar-refractivity contribution in [3.63, 3.8) is 0 Å². The molecule has 0 bridgehead atoms. The van der Waals surface area contributed by atoms with Crippen LogP contribution >= 0.6 is 11.6 Å². The van der Waals surface area contributed by atoms with Crippen LogP contribution in [0.4, 0.5) is 0 Å². The van der Waals surface area contributed by atoms with Crippen molar-refractivity contribution in [3.8, 4) is 5.75 Å². The minimum atomic E-state index is -3.91. The highest BCUT2D eigenvalue weighted by Crippen LogP contribution is 2.28. The Balaban J connectivity index is 2.34. The van der Waals surface area contributed by atoms with E-state index in [1.165, 1.54) is 36.7 Å². The van der Waals surface area contributed by atoms with E-state index < -0.39 is 16.0 Å². The molecule has 0 N–H and O–H groups in total. The van der Waals surface area contributed by atoms with Crippen molar-refractivity contribution in [2.45, 2.75) is 11.4 Å². The second-order valence-corrected chi connectivity index (χ2v) is 8.25. The van der Waals surface area contributed by atoms with Crippen molar-refractivity contribution in [1.29, 1.82) is 0 Å². The second kappa shape index (κ2) is 9.03. The van der Waals surface area contributed by atoms with Gasteiger partial charge in [-0.25, -0.2) is 13.2 Å². The molecule has 0 unspecified atom stereocenters.